The summed E-state index contributed by atoms with van der Waals surface area (Å²) in [5.41, 5.74) is 2.03. The van der Waals surface area contributed by atoms with Crippen molar-refractivity contribution in [2.24, 2.45) is 0 Å². The number of phenols is 1. The maximum atomic E-state index is 9.77. The van der Waals surface area contributed by atoms with E-state index in [0.29, 0.717) is 16.3 Å². The fraction of sp³-hybridized carbons (Fsp3) is 0. The van der Waals surface area contributed by atoms with Gasteiger partial charge in [0.15, 0.2) is 5.58 Å². The standard InChI is InChI=1S/C13H9ClN2O2/c14-8-1-2-10(12(17)5-8)16-11-7-18-13-6-15-4-3-9(11)13/h1-7,16-17H. The largest absolute Gasteiger partial charge is 0.506 e. The van der Waals surface area contributed by atoms with E-state index in [1.807, 2.05) is 6.07 Å². The molecule has 0 atom stereocenters. The number of hydrogen-bond acceptors (Lipinski definition) is 4. The van der Waals surface area contributed by atoms with Crippen molar-refractivity contribution < 1.29 is 9.52 Å². The van der Waals surface area contributed by atoms with Gasteiger partial charge in [-0.05, 0) is 18.2 Å². The molecular formula is C13H9ClN2O2. The van der Waals surface area contributed by atoms with Crippen molar-refractivity contribution in [2.75, 3.05) is 5.32 Å². The topological polar surface area (TPSA) is 58.3 Å². The summed E-state index contributed by atoms with van der Waals surface area (Å²) in [5.74, 6) is 0.0888. The van der Waals surface area contributed by atoms with Crippen molar-refractivity contribution in [1.82, 2.24) is 4.98 Å². The van der Waals surface area contributed by atoms with E-state index < -0.39 is 0 Å². The quantitative estimate of drug-likeness (QED) is 0.686. The highest BCUT2D eigenvalue weighted by molar-refractivity contribution is 6.30. The van der Waals surface area contributed by atoms with Crippen molar-refractivity contribution in [3.63, 3.8) is 0 Å². The van der Waals surface area contributed by atoms with Crippen molar-refractivity contribution in [3.05, 3.63) is 47.9 Å². The lowest BCUT2D eigenvalue weighted by atomic mass is 10.2. The van der Waals surface area contributed by atoms with Gasteiger partial charge in [-0.25, -0.2) is 0 Å². The molecule has 0 radical (unpaired) electrons. The Balaban J connectivity index is 2.01. The van der Waals surface area contributed by atoms with Gasteiger partial charge >= 0.3 is 0 Å². The minimum absolute atomic E-state index is 0.0888. The predicted octanol–water partition coefficient (Wildman–Crippen LogP) is 3.93. The van der Waals surface area contributed by atoms with Crippen molar-refractivity contribution in [2.45, 2.75) is 0 Å². The van der Waals surface area contributed by atoms with E-state index in [1.54, 1.807) is 30.8 Å². The predicted molar refractivity (Wildman–Crippen MR) is 70.4 cm³/mol. The van der Waals surface area contributed by atoms with Gasteiger partial charge in [-0.15, -0.1) is 0 Å². The Morgan fingerprint density at radius 1 is 1.22 bits per heavy atom. The minimum atomic E-state index is 0.0888. The summed E-state index contributed by atoms with van der Waals surface area (Å²) in [6.45, 7) is 0. The number of phenolic OH excluding ortho intramolecular Hbond substituents is 1. The number of fused-ring (bicyclic) bond motifs is 1. The molecule has 0 saturated carbocycles. The smallest absolute Gasteiger partial charge is 0.154 e. The molecule has 0 unspecified atom stereocenters. The summed E-state index contributed by atoms with van der Waals surface area (Å²) in [6.07, 6.45) is 4.91. The molecule has 90 valence electrons. The zero-order valence-corrected chi connectivity index (χ0v) is 9.98. The average molecular weight is 261 g/mol. The van der Waals surface area contributed by atoms with Crippen LogP contribution in [0.4, 0.5) is 11.4 Å². The van der Waals surface area contributed by atoms with E-state index in [2.05, 4.69) is 10.3 Å². The van der Waals surface area contributed by atoms with Crippen LogP contribution < -0.4 is 5.32 Å². The SMILES string of the molecule is Oc1cc(Cl)ccc1Nc1coc2cnccc12. The molecule has 0 aliphatic rings. The lowest BCUT2D eigenvalue weighted by Crippen LogP contribution is -1.89. The fourth-order valence-electron chi connectivity index (χ4n) is 1.73. The lowest BCUT2D eigenvalue weighted by Gasteiger charge is -2.06. The number of furan rings is 1. The van der Waals surface area contributed by atoms with E-state index in [1.165, 1.54) is 6.07 Å². The zero-order valence-electron chi connectivity index (χ0n) is 9.22. The van der Waals surface area contributed by atoms with E-state index in [0.717, 1.165) is 11.1 Å². The molecule has 0 saturated heterocycles. The molecule has 2 heterocycles. The van der Waals surface area contributed by atoms with Crippen molar-refractivity contribution in [3.8, 4) is 5.75 Å². The van der Waals surface area contributed by atoms with Crippen LogP contribution in [0.25, 0.3) is 11.0 Å². The van der Waals surface area contributed by atoms with Gasteiger partial charge in [0.05, 0.1) is 17.6 Å². The van der Waals surface area contributed by atoms with Crippen LogP contribution in [0.1, 0.15) is 0 Å². The van der Waals surface area contributed by atoms with Gasteiger partial charge < -0.3 is 14.8 Å². The van der Waals surface area contributed by atoms with Gasteiger partial charge in [0.2, 0.25) is 0 Å². The normalized spacial score (nSPS) is 10.7. The summed E-state index contributed by atoms with van der Waals surface area (Å²) in [4.78, 5) is 3.97. The Morgan fingerprint density at radius 3 is 2.94 bits per heavy atom. The average Bonchev–Trinajstić information content (AvgIpc) is 2.76. The zero-order chi connectivity index (χ0) is 12.5. The summed E-state index contributed by atoms with van der Waals surface area (Å²) in [6, 6.07) is 6.73. The number of nitrogens with one attached hydrogen (secondary N) is 1. The summed E-state index contributed by atoms with van der Waals surface area (Å²) >= 11 is 5.78. The van der Waals surface area contributed by atoms with Crippen LogP contribution in [-0.2, 0) is 0 Å². The number of aromatic nitrogens is 1. The van der Waals surface area contributed by atoms with Crippen LogP contribution in [-0.4, -0.2) is 10.1 Å². The first-order valence-electron chi connectivity index (χ1n) is 5.31. The molecule has 0 aliphatic carbocycles. The van der Waals surface area contributed by atoms with Gasteiger partial charge in [0, 0.05) is 22.7 Å². The first-order chi connectivity index (χ1) is 8.74. The minimum Gasteiger partial charge on any atom is -0.506 e. The summed E-state index contributed by atoms with van der Waals surface area (Å²) in [7, 11) is 0. The Kier molecular flexibility index (Phi) is 2.57. The molecule has 0 amide bonds. The van der Waals surface area contributed by atoms with Gasteiger partial charge in [0.1, 0.15) is 12.0 Å². The summed E-state index contributed by atoms with van der Waals surface area (Å²) < 4.78 is 5.35. The number of aromatic hydroxyl groups is 1. The second-order valence-corrected chi connectivity index (χ2v) is 4.24. The molecular weight excluding hydrogens is 252 g/mol. The lowest BCUT2D eigenvalue weighted by molar-refractivity contribution is 0.478. The molecule has 3 rings (SSSR count). The number of hydrogen-bond donors (Lipinski definition) is 2. The molecule has 1 aromatic carbocycles. The maximum Gasteiger partial charge on any atom is 0.154 e. The van der Waals surface area contributed by atoms with Crippen LogP contribution in [0.3, 0.4) is 0 Å². The van der Waals surface area contributed by atoms with E-state index >= 15 is 0 Å². The third kappa shape index (κ3) is 1.87. The molecule has 0 spiro atoms. The Labute approximate surface area is 108 Å². The summed E-state index contributed by atoms with van der Waals surface area (Å²) in [5, 5.41) is 14.3. The number of halogens is 1. The van der Waals surface area contributed by atoms with Crippen molar-refractivity contribution in [1.29, 1.82) is 0 Å². The number of benzene rings is 1. The fourth-order valence-corrected chi connectivity index (χ4v) is 1.90. The van der Waals surface area contributed by atoms with Crippen LogP contribution in [0.2, 0.25) is 5.02 Å². The second-order valence-electron chi connectivity index (χ2n) is 3.81. The van der Waals surface area contributed by atoms with Crippen LogP contribution in [0, 0.1) is 0 Å². The van der Waals surface area contributed by atoms with Gasteiger partial charge in [0.25, 0.3) is 0 Å². The molecule has 0 bridgehead atoms. The molecule has 3 aromatic rings. The molecule has 2 N–H and O–H groups in total. The Morgan fingerprint density at radius 2 is 2.11 bits per heavy atom. The molecule has 2 aromatic heterocycles. The van der Waals surface area contributed by atoms with Crippen LogP contribution in [0.5, 0.6) is 5.75 Å². The van der Waals surface area contributed by atoms with E-state index in [9.17, 15) is 5.11 Å². The maximum absolute atomic E-state index is 9.77. The number of nitrogens with zero attached hydrogens (tertiary/aromatic N) is 1. The number of rotatable bonds is 2. The molecule has 5 heteroatoms. The van der Waals surface area contributed by atoms with E-state index in [4.69, 9.17) is 16.0 Å². The van der Waals surface area contributed by atoms with Gasteiger partial charge in [-0.2, -0.15) is 0 Å². The van der Waals surface area contributed by atoms with Gasteiger partial charge in [-0.1, -0.05) is 11.6 Å². The van der Waals surface area contributed by atoms with Crippen LogP contribution >= 0.6 is 11.6 Å². The first-order valence-corrected chi connectivity index (χ1v) is 5.68. The third-order valence-electron chi connectivity index (χ3n) is 2.61. The molecule has 0 aliphatic heterocycles. The molecule has 0 fully saturated rings. The van der Waals surface area contributed by atoms with Crippen molar-refractivity contribution >= 4 is 33.9 Å². The Bertz CT molecular complexity index is 709. The second kappa shape index (κ2) is 4.23. The highest BCUT2D eigenvalue weighted by Crippen LogP contribution is 2.33. The Hall–Kier alpha value is -2.20. The third-order valence-corrected chi connectivity index (χ3v) is 2.84. The highest BCUT2D eigenvalue weighted by atomic mass is 35.5. The molecule has 4 nitrogen and oxygen atoms in total. The monoisotopic (exact) mass is 260 g/mol. The number of anilines is 2. The molecule has 18 heavy (non-hydrogen) atoms. The van der Waals surface area contributed by atoms with Gasteiger partial charge in [-0.3, -0.25) is 4.98 Å². The van der Waals surface area contributed by atoms with Crippen LogP contribution in [0.15, 0.2) is 47.3 Å². The first kappa shape index (κ1) is 10.9. The highest BCUT2D eigenvalue weighted by Gasteiger charge is 2.08. The van der Waals surface area contributed by atoms with E-state index in [-0.39, 0.29) is 5.75 Å². The number of pyridine rings is 1.